The Morgan fingerprint density at radius 3 is 2.65 bits per heavy atom. The minimum atomic E-state index is -0.238. The van der Waals surface area contributed by atoms with Gasteiger partial charge in [-0.1, -0.05) is 41.9 Å². The molecule has 0 atom stereocenters. The van der Waals surface area contributed by atoms with E-state index in [-0.39, 0.29) is 5.56 Å². The summed E-state index contributed by atoms with van der Waals surface area (Å²) in [5, 5.41) is 10.6. The molecule has 0 unspecified atom stereocenters. The van der Waals surface area contributed by atoms with Crippen molar-refractivity contribution in [1.82, 2.24) is 9.38 Å². The highest BCUT2D eigenvalue weighted by Crippen LogP contribution is 2.29. The normalized spacial score (nSPS) is 11.0. The smallest absolute Gasteiger partial charge is 0.258 e. The first kappa shape index (κ1) is 13.6. The molecule has 4 rings (SSSR count). The lowest BCUT2D eigenvalue weighted by Crippen LogP contribution is -2.09. The second kappa shape index (κ2) is 5.01. The second-order valence-electron chi connectivity index (χ2n) is 5.23. The van der Waals surface area contributed by atoms with Crippen molar-refractivity contribution < 1.29 is 0 Å². The summed E-state index contributed by atoms with van der Waals surface area (Å²) in [6.45, 7) is 0. The molecule has 0 saturated heterocycles. The van der Waals surface area contributed by atoms with Crippen molar-refractivity contribution >= 4 is 28.2 Å². The van der Waals surface area contributed by atoms with E-state index < -0.39 is 0 Å². The first-order chi connectivity index (χ1) is 11.2. The van der Waals surface area contributed by atoms with Crippen LogP contribution >= 0.6 is 11.6 Å². The quantitative estimate of drug-likeness (QED) is 0.577. The number of nitrogens with zero attached hydrogens (tertiary/aromatic N) is 2. The molecule has 4 aromatic rings. The Kier molecular flexibility index (Phi) is 2.97. The predicted octanol–water partition coefficient (Wildman–Crippen LogP) is 3.97. The summed E-state index contributed by atoms with van der Waals surface area (Å²) in [4.78, 5) is 15.1. The summed E-state index contributed by atoms with van der Waals surface area (Å²) in [6.07, 6.45) is 1.86. The van der Waals surface area contributed by atoms with Crippen LogP contribution in [0.25, 0.3) is 27.7 Å². The van der Waals surface area contributed by atoms with Gasteiger partial charge in [-0.2, -0.15) is 5.26 Å². The van der Waals surface area contributed by atoms with E-state index in [9.17, 15) is 10.1 Å². The lowest BCUT2D eigenvalue weighted by atomic mass is 10.1. The molecule has 0 aliphatic carbocycles. The number of fused-ring (bicyclic) bond motifs is 3. The molecule has 0 aliphatic heterocycles. The molecule has 110 valence electrons. The summed E-state index contributed by atoms with van der Waals surface area (Å²) in [7, 11) is 0. The van der Waals surface area contributed by atoms with Gasteiger partial charge >= 0.3 is 0 Å². The lowest BCUT2D eigenvalue weighted by Gasteiger charge is -2.02. The van der Waals surface area contributed by atoms with Gasteiger partial charge in [0.2, 0.25) is 0 Å². The maximum Gasteiger partial charge on any atom is 0.258 e. The molecule has 4 nitrogen and oxygen atoms in total. The molecule has 5 heteroatoms. The number of aromatic nitrogens is 2. The molecule has 0 spiro atoms. The first-order valence-electron chi connectivity index (χ1n) is 7.01. The third-order valence-electron chi connectivity index (χ3n) is 3.90. The maximum atomic E-state index is 12.3. The van der Waals surface area contributed by atoms with Crippen LogP contribution in [0.3, 0.4) is 0 Å². The molecule has 0 bridgehead atoms. The third kappa shape index (κ3) is 2.02. The van der Waals surface area contributed by atoms with Crippen LogP contribution in [0.4, 0.5) is 0 Å². The van der Waals surface area contributed by atoms with E-state index in [2.05, 4.69) is 11.1 Å². The molecule has 2 aromatic carbocycles. The summed E-state index contributed by atoms with van der Waals surface area (Å²) < 4.78 is 1.81. The molecule has 23 heavy (non-hydrogen) atoms. The number of nitriles is 1. The van der Waals surface area contributed by atoms with Crippen molar-refractivity contribution in [1.29, 1.82) is 5.26 Å². The minimum Gasteiger partial charge on any atom is -0.306 e. The zero-order chi connectivity index (χ0) is 16.0. The number of nitrogens with one attached hydrogen (secondary N) is 1. The average Bonchev–Trinajstić information content (AvgIpc) is 2.94. The Labute approximate surface area is 136 Å². The van der Waals surface area contributed by atoms with Crippen LogP contribution in [0.1, 0.15) is 5.56 Å². The third-order valence-corrected chi connectivity index (χ3v) is 4.13. The number of hydrogen-bond donors (Lipinski definition) is 1. The highest BCUT2D eigenvalue weighted by molar-refractivity contribution is 6.31. The number of H-pyrrole nitrogens is 1. The van der Waals surface area contributed by atoms with Crippen LogP contribution in [0.5, 0.6) is 0 Å². The lowest BCUT2D eigenvalue weighted by molar-refractivity contribution is 1.16. The number of benzene rings is 2. The molecule has 0 saturated carbocycles. The standard InChI is InChI=1S/C18H10ClN3O/c19-12-6-7-13-16(8-12)22-10-15(11-4-2-1-3-5-11)14(9-20)17(22)21-18(13)23/h1-8,10H,(H,21,23). The Morgan fingerprint density at radius 1 is 1.13 bits per heavy atom. The van der Waals surface area contributed by atoms with Gasteiger partial charge in [-0.25, -0.2) is 0 Å². The Bertz CT molecular complexity index is 1150. The Balaban J connectivity index is 2.20. The van der Waals surface area contributed by atoms with Gasteiger partial charge in [-0.05, 0) is 23.8 Å². The molecule has 2 aromatic heterocycles. The summed E-state index contributed by atoms with van der Waals surface area (Å²) in [5.41, 5.74) is 3.05. The molecular formula is C18H10ClN3O. The van der Waals surface area contributed by atoms with E-state index in [1.54, 1.807) is 18.2 Å². The van der Waals surface area contributed by atoms with E-state index in [0.717, 1.165) is 11.1 Å². The van der Waals surface area contributed by atoms with Crippen LogP contribution in [0.2, 0.25) is 5.02 Å². The second-order valence-corrected chi connectivity index (χ2v) is 5.67. The van der Waals surface area contributed by atoms with Gasteiger partial charge in [-0.3, -0.25) is 4.79 Å². The van der Waals surface area contributed by atoms with Gasteiger partial charge < -0.3 is 9.38 Å². The average molecular weight is 320 g/mol. The topological polar surface area (TPSA) is 61.1 Å². The van der Waals surface area contributed by atoms with Crippen LogP contribution in [0, 0.1) is 11.3 Å². The van der Waals surface area contributed by atoms with Crippen molar-refractivity contribution in [3.05, 3.63) is 75.7 Å². The van der Waals surface area contributed by atoms with E-state index in [1.165, 1.54) is 0 Å². The largest absolute Gasteiger partial charge is 0.306 e. The Hall–Kier alpha value is -3.03. The van der Waals surface area contributed by atoms with Gasteiger partial charge in [0.05, 0.1) is 10.9 Å². The number of aromatic amines is 1. The van der Waals surface area contributed by atoms with Gasteiger partial charge in [0, 0.05) is 16.8 Å². The summed E-state index contributed by atoms with van der Waals surface area (Å²) in [5.74, 6) is 0. The van der Waals surface area contributed by atoms with Crippen LogP contribution in [-0.2, 0) is 0 Å². The maximum absolute atomic E-state index is 12.3. The number of halogens is 1. The van der Waals surface area contributed by atoms with Crippen molar-refractivity contribution in [2.24, 2.45) is 0 Å². The molecule has 0 amide bonds. The van der Waals surface area contributed by atoms with Crippen LogP contribution in [-0.4, -0.2) is 9.38 Å². The van der Waals surface area contributed by atoms with E-state index >= 15 is 0 Å². The fraction of sp³-hybridized carbons (Fsp3) is 0. The Morgan fingerprint density at radius 2 is 1.91 bits per heavy atom. The highest BCUT2D eigenvalue weighted by atomic mass is 35.5. The van der Waals surface area contributed by atoms with Crippen LogP contribution < -0.4 is 5.56 Å². The SMILES string of the molecule is N#Cc1c(-c2ccccc2)cn2c1[nH]c(=O)c1ccc(Cl)cc12. The highest BCUT2D eigenvalue weighted by Gasteiger charge is 2.15. The van der Waals surface area contributed by atoms with E-state index in [4.69, 9.17) is 11.6 Å². The molecule has 0 fully saturated rings. The fourth-order valence-corrected chi connectivity index (χ4v) is 3.01. The minimum absolute atomic E-state index is 0.238. The van der Waals surface area contributed by atoms with Crippen molar-refractivity contribution in [3.63, 3.8) is 0 Å². The molecule has 2 heterocycles. The van der Waals surface area contributed by atoms with Gasteiger partial charge in [0.15, 0.2) is 0 Å². The van der Waals surface area contributed by atoms with Crippen molar-refractivity contribution in [2.45, 2.75) is 0 Å². The summed E-state index contributed by atoms with van der Waals surface area (Å²) in [6, 6.07) is 16.9. The predicted molar refractivity (Wildman–Crippen MR) is 90.7 cm³/mol. The molecule has 1 N–H and O–H groups in total. The van der Waals surface area contributed by atoms with Crippen molar-refractivity contribution in [3.8, 4) is 17.2 Å². The zero-order valence-electron chi connectivity index (χ0n) is 11.9. The van der Waals surface area contributed by atoms with E-state index in [1.807, 2.05) is 40.9 Å². The number of rotatable bonds is 1. The monoisotopic (exact) mass is 319 g/mol. The number of hydrogen-bond acceptors (Lipinski definition) is 2. The van der Waals surface area contributed by atoms with Gasteiger partial charge in [0.1, 0.15) is 17.3 Å². The van der Waals surface area contributed by atoms with E-state index in [0.29, 0.717) is 27.1 Å². The molecular weight excluding hydrogens is 310 g/mol. The first-order valence-corrected chi connectivity index (χ1v) is 7.39. The zero-order valence-corrected chi connectivity index (χ0v) is 12.6. The van der Waals surface area contributed by atoms with Gasteiger partial charge in [-0.15, -0.1) is 0 Å². The molecule has 0 aliphatic rings. The summed E-state index contributed by atoms with van der Waals surface area (Å²) >= 11 is 6.08. The van der Waals surface area contributed by atoms with Gasteiger partial charge in [0.25, 0.3) is 5.56 Å². The van der Waals surface area contributed by atoms with Crippen LogP contribution in [0.15, 0.2) is 59.5 Å². The molecule has 0 radical (unpaired) electrons. The van der Waals surface area contributed by atoms with Crippen molar-refractivity contribution in [2.75, 3.05) is 0 Å². The fourth-order valence-electron chi connectivity index (χ4n) is 2.84.